The summed E-state index contributed by atoms with van der Waals surface area (Å²) >= 11 is 0. The second-order valence-electron chi connectivity index (χ2n) is 5.37. The molecule has 25 heavy (non-hydrogen) atoms. The van der Waals surface area contributed by atoms with E-state index >= 15 is 0 Å². The zero-order valence-corrected chi connectivity index (χ0v) is 13.1. The molecule has 3 heterocycles. The Morgan fingerprint density at radius 1 is 1.20 bits per heavy atom. The van der Waals surface area contributed by atoms with E-state index in [1.54, 1.807) is 24.8 Å². The average molecular weight is 334 g/mol. The minimum absolute atomic E-state index is 0.206. The smallest absolute Gasteiger partial charge is 0.249 e. The van der Waals surface area contributed by atoms with Crippen LogP contribution in [0.1, 0.15) is 17.3 Å². The number of carbonyl (C=O) groups is 1. The Bertz CT molecular complexity index is 980. The molecule has 9 nitrogen and oxygen atoms in total. The fraction of sp³-hybridized carbons (Fsp3) is 0.125. The summed E-state index contributed by atoms with van der Waals surface area (Å²) in [5.74, 6) is -0.206. The minimum atomic E-state index is -0.642. The predicted octanol–water partition coefficient (Wildman–Crippen LogP) is 0.622. The molecule has 0 saturated carbocycles. The van der Waals surface area contributed by atoms with Crippen molar-refractivity contribution in [1.82, 2.24) is 39.9 Å². The zero-order valence-electron chi connectivity index (χ0n) is 13.1. The van der Waals surface area contributed by atoms with Gasteiger partial charge in [0, 0.05) is 12.4 Å². The number of aromatic nitrogens is 7. The van der Waals surface area contributed by atoms with Crippen LogP contribution in [-0.4, -0.2) is 40.5 Å². The molecule has 0 radical (unpaired) electrons. The van der Waals surface area contributed by atoms with Crippen molar-refractivity contribution in [1.29, 1.82) is 0 Å². The average Bonchev–Trinajstić information content (AvgIpc) is 3.31. The fourth-order valence-electron chi connectivity index (χ4n) is 2.65. The lowest BCUT2D eigenvalue weighted by Crippen LogP contribution is -2.33. The van der Waals surface area contributed by atoms with Crippen molar-refractivity contribution < 1.29 is 4.79 Å². The van der Waals surface area contributed by atoms with Crippen LogP contribution in [0.4, 0.5) is 0 Å². The highest BCUT2D eigenvalue weighted by Gasteiger charge is 2.23. The van der Waals surface area contributed by atoms with Crippen LogP contribution in [0.2, 0.25) is 0 Å². The maximum Gasteiger partial charge on any atom is 0.249 e. The standard InChI is InChI=1S/C16H14N8O/c25-16(19-9-13-8-18-14-10-17-6-7-23(13)14)15(24-11-20-21-22-24)12-4-2-1-3-5-12/h1-8,10-11,15H,9H2,(H,19,25)/t15-/m1/s1. The predicted molar refractivity (Wildman–Crippen MR) is 87.2 cm³/mol. The number of imidazole rings is 1. The number of hydrogen-bond donors (Lipinski definition) is 1. The molecule has 0 fully saturated rings. The molecule has 0 spiro atoms. The molecule has 1 amide bonds. The first-order valence-electron chi connectivity index (χ1n) is 7.64. The topological polar surface area (TPSA) is 103 Å². The Hall–Kier alpha value is -3.62. The number of tetrazole rings is 1. The lowest BCUT2D eigenvalue weighted by Gasteiger charge is -2.16. The first kappa shape index (κ1) is 14.9. The second kappa shape index (κ2) is 6.48. The maximum atomic E-state index is 12.8. The molecule has 1 N–H and O–H groups in total. The van der Waals surface area contributed by atoms with Crippen LogP contribution in [0.3, 0.4) is 0 Å². The van der Waals surface area contributed by atoms with Crippen LogP contribution in [0, 0.1) is 0 Å². The van der Waals surface area contributed by atoms with Crippen molar-refractivity contribution in [2.75, 3.05) is 0 Å². The molecule has 1 atom stereocenters. The lowest BCUT2D eigenvalue weighted by molar-refractivity contribution is -0.123. The van der Waals surface area contributed by atoms with E-state index in [4.69, 9.17) is 0 Å². The van der Waals surface area contributed by atoms with Gasteiger partial charge in [0.25, 0.3) is 0 Å². The van der Waals surface area contributed by atoms with Gasteiger partial charge in [-0.3, -0.25) is 14.2 Å². The monoisotopic (exact) mass is 334 g/mol. The molecule has 4 aromatic rings. The van der Waals surface area contributed by atoms with E-state index in [-0.39, 0.29) is 5.91 Å². The summed E-state index contributed by atoms with van der Waals surface area (Å²) < 4.78 is 3.31. The van der Waals surface area contributed by atoms with Crippen LogP contribution in [0.15, 0.2) is 61.4 Å². The van der Waals surface area contributed by atoms with Crippen molar-refractivity contribution in [3.05, 3.63) is 72.7 Å². The molecule has 0 saturated heterocycles. The van der Waals surface area contributed by atoms with Crippen molar-refractivity contribution in [2.45, 2.75) is 12.6 Å². The molecule has 3 aromatic heterocycles. The minimum Gasteiger partial charge on any atom is -0.348 e. The summed E-state index contributed by atoms with van der Waals surface area (Å²) in [5, 5.41) is 14.1. The van der Waals surface area contributed by atoms with Gasteiger partial charge in [-0.15, -0.1) is 5.10 Å². The number of carbonyl (C=O) groups excluding carboxylic acids is 1. The Morgan fingerprint density at radius 3 is 2.88 bits per heavy atom. The van der Waals surface area contributed by atoms with Crippen molar-refractivity contribution in [3.8, 4) is 0 Å². The lowest BCUT2D eigenvalue weighted by atomic mass is 10.1. The number of amides is 1. The number of nitrogens with one attached hydrogen (secondary N) is 1. The van der Waals surface area contributed by atoms with Crippen LogP contribution in [0.5, 0.6) is 0 Å². The summed E-state index contributed by atoms with van der Waals surface area (Å²) in [4.78, 5) is 21.1. The highest BCUT2D eigenvalue weighted by Crippen LogP contribution is 2.17. The maximum absolute atomic E-state index is 12.8. The van der Waals surface area contributed by atoms with Crippen molar-refractivity contribution >= 4 is 11.6 Å². The third-order valence-corrected chi connectivity index (χ3v) is 3.83. The summed E-state index contributed by atoms with van der Waals surface area (Å²) in [5.41, 5.74) is 2.38. The Labute approximate surface area is 142 Å². The third kappa shape index (κ3) is 2.94. The van der Waals surface area contributed by atoms with Crippen LogP contribution >= 0.6 is 0 Å². The highest BCUT2D eigenvalue weighted by atomic mass is 16.2. The van der Waals surface area contributed by atoms with E-state index in [0.717, 1.165) is 16.9 Å². The Balaban J connectivity index is 1.57. The van der Waals surface area contributed by atoms with E-state index in [2.05, 4.69) is 30.8 Å². The van der Waals surface area contributed by atoms with Crippen LogP contribution < -0.4 is 5.32 Å². The summed E-state index contributed by atoms with van der Waals surface area (Å²) in [6.07, 6.45) is 8.29. The molecular weight excluding hydrogens is 320 g/mol. The van der Waals surface area contributed by atoms with Gasteiger partial charge in [-0.1, -0.05) is 30.3 Å². The summed E-state index contributed by atoms with van der Waals surface area (Å²) in [7, 11) is 0. The molecule has 4 rings (SSSR count). The zero-order chi connectivity index (χ0) is 17.1. The molecule has 0 bridgehead atoms. The quantitative estimate of drug-likeness (QED) is 0.574. The van der Waals surface area contributed by atoms with Gasteiger partial charge in [0.05, 0.1) is 24.6 Å². The van der Waals surface area contributed by atoms with Gasteiger partial charge in [-0.2, -0.15) is 0 Å². The van der Waals surface area contributed by atoms with Gasteiger partial charge >= 0.3 is 0 Å². The summed E-state index contributed by atoms with van der Waals surface area (Å²) in [6.45, 7) is 0.329. The van der Waals surface area contributed by atoms with Gasteiger partial charge < -0.3 is 5.32 Å². The third-order valence-electron chi connectivity index (χ3n) is 3.83. The van der Waals surface area contributed by atoms with Gasteiger partial charge in [-0.25, -0.2) is 9.67 Å². The first-order valence-corrected chi connectivity index (χ1v) is 7.64. The first-order chi connectivity index (χ1) is 12.3. The number of nitrogens with zero attached hydrogens (tertiary/aromatic N) is 7. The molecule has 0 aliphatic heterocycles. The van der Waals surface area contributed by atoms with E-state index in [1.807, 2.05) is 34.7 Å². The molecular formula is C16H14N8O. The number of rotatable bonds is 5. The molecule has 0 aliphatic rings. The highest BCUT2D eigenvalue weighted by molar-refractivity contribution is 5.83. The van der Waals surface area contributed by atoms with Crippen molar-refractivity contribution in [2.24, 2.45) is 0 Å². The van der Waals surface area contributed by atoms with E-state index in [1.165, 1.54) is 11.0 Å². The second-order valence-corrected chi connectivity index (χ2v) is 5.37. The number of hydrogen-bond acceptors (Lipinski definition) is 6. The van der Waals surface area contributed by atoms with E-state index in [9.17, 15) is 4.79 Å². The van der Waals surface area contributed by atoms with Gasteiger partial charge in [0.1, 0.15) is 6.33 Å². The Morgan fingerprint density at radius 2 is 2.08 bits per heavy atom. The molecule has 9 heteroatoms. The normalized spacial score (nSPS) is 12.2. The Kier molecular flexibility index (Phi) is 3.87. The van der Waals surface area contributed by atoms with Crippen LogP contribution in [0.25, 0.3) is 5.65 Å². The number of benzene rings is 1. The van der Waals surface area contributed by atoms with Gasteiger partial charge in [-0.05, 0) is 16.0 Å². The van der Waals surface area contributed by atoms with Crippen molar-refractivity contribution in [3.63, 3.8) is 0 Å². The van der Waals surface area contributed by atoms with E-state index in [0.29, 0.717) is 6.54 Å². The van der Waals surface area contributed by atoms with Gasteiger partial charge in [0.2, 0.25) is 5.91 Å². The molecule has 0 unspecified atom stereocenters. The largest absolute Gasteiger partial charge is 0.348 e. The van der Waals surface area contributed by atoms with Crippen LogP contribution in [-0.2, 0) is 11.3 Å². The SMILES string of the molecule is O=C(NCc1cnc2cnccn12)[C@@H](c1ccccc1)n1cnnn1. The van der Waals surface area contributed by atoms with E-state index < -0.39 is 6.04 Å². The summed E-state index contributed by atoms with van der Waals surface area (Å²) in [6, 6.07) is 8.73. The number of fused-ring (bicyclic) bond motifs is 1. The van der Waals surface area contributed by atoms with Gasteiger partial charge in [0.15, 0.2) is 11.7 Å². The molecule has 0 aliphatic carbocycles. The fourth-order valence-corrected chi connectivity index (χ4v) is 2.65. The molecule has 124 valence electrons. The molecule has 1 aromatic carbocycles.